The molecule has 0 fully saturated rings. The molecule has 0 saturated carbocycles. The number of para-hydroxylation sites is 1. The molecule has 3 aromatic carbocycles. The van der Waals surface area contributed by atoms with Crippen LogP contribution >= 0.6 is 0 Å². The second-order valence-electron chi connectivity index (χ2n) is 7.99. The third kappa shape index (κ3) is 6.67. The number of hydrogen-bond donors (Lipinski definition) is 2. The van der Waals surface area contributed by atoms with Gasteiger partial charge in [-0.3, -0.25) is 9.10 Å². The number of benzene rings is 3. The number of phenolic OH excluding ortho intramolecular Hbond substituents is 1. The number of amides is 1. The number of aromatic hydroxyl groups is 1. The second-order valence-corrected chi connectivity index (χ2v) is 9.85. The fourth-order valence-corrected chi connectivity index (χ4v) is 5.09. The molecule has 3 aromatic rings. The summed E-state index contributed by atoms with van der Waals surface area (Å²) in [4.78, 5) is 12.8. The number of rotatable bonds is 13. The van der Waals surface area contributed by atoms with Crippen molar-refractivity contribution in [1.82, 2.24) is 5.43 Å². The van der Waals surface area contributed by atoms with Crippen molar-refractivity contribution in [2.24, 2.45) is 5.10 Å². The van der Waals surface area contributed by atoms with Crippen molar-refractivity contribution >= 4 is 27.8 Å². The Labute approximate surface area is 232 Å². The third-order valence-electron chi connectivity index (χ3n) is 5.61. The van der Waals surface area contributed by atoms with Gasteiger partial charge in [0.2, 0.25) is 0 Å². The van der Waals surface area contributed by atoms with E-state index in [9.17, 15) is 18.3 Å². The first-order chi connectivity index (χ1) is 19.2. The van der Waals surface area contributed by atoms with Gasteiger partial charge in [-0.15, -0.1) is 0 Å². The van der Waals surface area contributed by atoms with E-state index in [0.717, 1.165) is 4.31 Å². The molecule has 0 aliphatic rings. The van der Waals surface area contributed by atoms with Crippen LogP contribution in [0.1, 0.15) is 12.5 Å². The monoisotopic (exact) mass is 573 g/mol. The van der Waals surface area contributed by atoms with Crippen LogP contribution in [0.4, 0.5) is 5.69 Å². The highest BCUT2D eigenvalue weighted by atomic mass is 32.2. The molecule has 40 heavy (non-hydrogen) atoms. The van der Waals surface area contributed by atoms with Crippen LogP contribution in [0.5, 0.6) is 34.5 Å². The Morgan fingerprint density at radius 3 is 2.27 bits per heavy atom. The van der Waals surface area contributed by atoms with E-state index in [1.54, 1.807) is 31.2 Å². The number of nitrogens with one attached hydrogen (secondary N) is 1. The van der Waals surface area contributed by atoms with Gasteiger partial charge in [-0.25, -0.2) is 13.8 Å². The van der Waals surface area contributed by atoms with Gasteiger partial charge in [-0.2, -0.15) is 5.10 Å². The summed E-state index contributed by atoms with van der Waals surface area (Å²) in [6.07, 6.45) is 1.22. The Kier molecular flexibility index (Phi) is 10.0. The maximum absolute atomic E-state index is 13.9. The van der Waals surface area contributed by atoms with Crippen molar-refractivity contribution in [1.29, 1.82) is 0 Å². The summed E-state index contributed by atoms with van der Waals surface area (Å²) in [5.41, 5.74) is 2.64. The van der Waals surface area contributed by atoms with Crippen LogP contribution in [0.15, 0.2) is 64.6 Å². The molecule has 13 heteroatoms. The lowest BCUT2D eigenvalue weighted by molar-refractivity contribution is -0.119. The minimum atomic E-state index is -4.37. The van der Waals surface area contributed by atoms with Gasteiger partial charge in [0.25, 0.3) is 15.9 Å². The van der Waals surface area contributed by atoms with Crippen molar-refractivity contribution in [2.75, 3.05) is 45.9 Å². The van der Waals surface area contributed by atoms with Crippen molar-refractivity contribution in [3.05, 3.63) is 60.2 Å². The van der Waals surface area contributed by atoms with E-state index < -0.39 is 22.5 Å². The van der Waals surface area contributed by atoms with Crippen LogP contribution < -0.4 is 33.4 Å². The average molecular weight is 574 g/mol. The molecule has 0 aromatic heterocycles. The first kappa shape index (κ1) is 29.9. The van der Waals surface area contributed by atoms with Crippen molar-refractivity contribution in [2.45, 2.75) is 11.8 Å². The molecular formula is C27H31N3O9S. The van der Waals surface area contributed by atoms with E-state index in [2.05, 4.69) is 10.5 Å². The highest BCUT2D eigenvalue weighted by molar-refractivity contribution is 7.92. The van der Waals surface area contributed by atoms with E-state index in [0.29, 0.717) is 18.1 Å². The molecule has 0 spiro atoms. The number of phenols is 1. The van der Waals surface area contributed by atoms with Crippen LogP contribution in [0.25, 0.3) is 0 Å². The predicted molar refractivity (Wildman–Crippen MR) is 149 cm³/mol. The largest absolute Gasteiger partial charge is 0.504 e. The quantitative estimate of drug-likeness (QED) is 0.233. The summed E-state index contributed by atoms with van der Waals surface area (Å²) in [5, 5.41) is 14.2. The molecule has 1 amide bonds. The fraction of sp³-hybridized carbons (Fsp3) is 0.259. The van der Waals surface area contributed by atoms with Crippen LogP contribution in [-0.2, 0) is 14.8 Å². The van der Waals surface area contributed by atoms with Crippen LogP contribution in [0.3, 0.4) is 0 Å². The Hall–Kier alpha value is -4.65. The fourth-order valence-electron chi connectivity index (χ4n) is 3.65. The molecule has 0 heterocycles. The van der Waals surface area contributed by atoms with Gasteiger partial charge in [0.1, 0.15) is 18.0 Å². The summed E-state index contributed by atoms with van der Waals surface area (Å²) >= 11 is 0. The molecule has 0 aliphatic carbocycles. The lowest BCUT2D eigenvalue weighted by Crippen LogP contribution is -2.39. The Bertz CT molecular complexity index is 1480. The van der Waals surface area contributed by atoms with Gasteiger partial charge in [0, 0.05) is 17.7 Å². The summed E-state index contributed by atoms with van der Waals surface area (Å²) in [7, 11) is 1.24. The van der Waals surface area contributed by atoms with E-state index in [1.807, 2.05) is 0 Å². The van der Waals surface area contributed by atoms with Gasteiger partial charge in [-0.1, -0.05) is 6.07 Å². The Balaban J connectivity index is 1.99. The standard InChI is InChI=1S/C27H31N3O9S/c1-6-39-24-9-7-8-18(27(24)32)16-28-29-26(31)17-30(21-14-19(35-2)10-12-22(21)36-3)40(33,34)20-11-13-23(37-4)25(15-20)38-5/h7-16,32H,6,17H2,1-5H3,(H,29,31)/b28-16-. The van der Waals surface area contributed by atoms with E-state index in [4.69, 9.17) is 23.7 Å². The summed E-state index contributed by atoms with van der Waals surface area (Å²) in [6, 6.07) is 13.4. The molecule has 0 unspecified atom stereocenters. The third-order valence-corrected chi connectivity index (χ3v) is 7.36. The van der Waals surface area contributed by atoms with Gasteiger partial charge < -0.3 is 28.8 Å². The molecule has 12 nitrogen and oxygen atoms in total. The zero-order chi connectivity index (χ0) is 29.3. The lowest BCUT2D eigenvalue weighted by Gasteiger charge is -2.26. The SMILES string of the molecule is CCOc1cccc(/C=N\NC(=O)CN(c2cc(OC)ccc2OC)S(=O)(=O)c2ccc(OC)c(OC)c2)c1O. The maximum atomic E-state index is 13.9. The van der Waals surface area contributed by atoms with Crippen LogP contribution in [-0.4, -0.2) is 67.2 Å². The highest BCUT2D eigenvalue weighted by Gasteiger charge is 2.31. The van der Waals surface area contributed by atoms with Crippen LogP contribution in [0.2, 0.25) is 0 Å². The number of hydrogen-bond acceptors (Lipinski definition) is 10. The number of nitrogens with zero attached hydrogens (tertiary/aromatic N) is 2. The minimum absolute atomic E-state index is 0.0535. The van der Waals surface area contributed by atoms with Gasteiger partial charge in [0.05, 0.1) is 51.8 Å². The normalized spacial score (nSPS) is 11.1. The smallest absolute Gasteiger partial charge is 0.265 e. The predicted octanol–water partition coefficient (Wildman–Crippen LogP) is 3.17. The van der Waals surface area contributed by atoms with E-state index >= 15 is 0 Å². The van der Waals surface area contributed by atoms with E-state index in [-0.39, 0.29) is 39.1 Å². The Morgan fingerprint density at radius 2 is 1.62 bits per heavy atom. The number of sulfonamides is 1. The van der Waals surface area contributed by atoms with E-state index in [1.165, 1.54) is 65.0 Å². The van der Waals surface area contributed by atoms with Gasteiger partial charge >= 0.3 is 0 Å². The topological polar surface area (TPSA) is 145 Å². The molecule has 0 aliphatic heterocycles. The number of anilines is 1. The summed E-state index contributed by atoms with van der Waals surface area (Å²) in [6.45, 7) is 1.45. The number of hydrazone groups is 1. The number of carbonyl (C=O) groups is 1. The number of ether oxygens (including phenoxy) is 5. The molecule has 3 rings (SSSR count). The zero-order valence-electron chi connectivity index (χ0n) is 22.7. The van der Waals surface area contributed by atoms with Crippen molar-refractivity contribution in [3.63, 3.8) is 0 Å². The molecule has 2 N–H and O–H groups in total. The molecular weight excluding hydrogens is 542 g/mol. The zero-order valence-corrected chi connectivity index (χ0v) is 23.5. The Morgan fingerprint density at radius 1 is 0.925 bits per heavy atom. The average Bonchev–Trinajstić information content (AvgIpc) is 2.97. The lowest BCUT2D eigenvalue weighted by atomic mass is 10.2. The molecule has 0 saturated heterocycles. The number of carbonyl (C=O) groups excluding carboxylic acids is 1. The molecule has 0 atom stereocenters. The number of methoxy groups -OCH3 is 4. The van der Waals surface area contributed by atoms with Crippen molar-refractivity contribution in [3.8, 4) is 34.5 Å². The van der Waals surface area contributed by atoms with Gasteiger partial charge in [0.15, 0.2) is 23.0 Å². The highest BCUT2D eigenvalue weighted by Crippen LogP contribution is 2.37. The van der Waals surface area contributed by atoms with Crippen LogP contribution in [0, 0.1) is 0 Å². The maximum Gasteiger partial charge on any atom is 0.265 e. The summed E-state index contributed by atoms with van der Waals surface area (Å²) < 4.78 is 55.2. The first-order valence-corrected chi connectivity index (χ1v) is 13.4. The molecule has 214 valence electrons. The summed E-state index contributed by atoms with van der Waals surface area (Å²) in [5.74, 6) is 0.368. The molecule has 0 radical (unpaired) electrons. The van der Waals surface area contributed by atoms with Gasteiger partial charge in [-0.05, 0) is 43.3 Å². The second kappa shape index (κ2) is 13.4. The molecule has 0 bridgehead atoms. The van der Waals surface area contributed by atoms with Crippen molar-refractivity contribution < 1.29 is 42.0 Å². The first-order valence-electron chi connectivity index (χ1n) is 11.9. The minimum Gasteiger partial charge on any atom is -0.504 e.